The molecule has 0 aromatic heterocycles. The molecular weight excluding hydrogens is 885 g/mol. The molecule has 2 amide bonds. The molecule has 3 aromatic rings. The maximum absolute atomic E-state index is 13.8. The number of hydrogen-bond acceptors (Lipinski definition) is 11. The number of rotatable bonds is 15. The second-order valence-corrected chi connectivity index (χ2v) is 22.8. The molecule has 0 spiro atoms. The molecule has 2 saturated heterocycles. The Morgan fingerprint density at radius 2 is 1.06 bits per heavy atom. The minimum atomic E-state index is -0.828. The van der Waals surface area contributed by atoms with Gasteiger partial charge in [-0.1, -0.05) is 126 Å². The lowest BCUT2D eigenvalue weighted by atomic mass is 9.45. The average molecular weight is 963 g/mol. The molecule has 380 valence electrons. The van der Waals surface area contributed by atoms with Gasteiger partial charge in [0, 0.05) is 29.5 Å². The first kappa shape index (κ1) is 52.0. The Labute approximate surface area is 414 Å². The quantitative estimate of drug-likeness (QED) is 0.0707. The highest BCUT2D eigenvalue weighted by Gasteiger charge is 2.59. The predicted octanol–water partition coefficient (Wildman–Crippen LogP) is 6.68. The molecule has 4 bridgehead atoms. The molecule has 13 heteroatoms. The van der Waals surface area contributed by atoms with Gasteiger partial charge in [0.2, 0.25) is 11.8 Å². The van der Waals surface area contributed by atoms with Crippen LogP contribution < -0.4 is 10.6 Å². The van der Waals surface area contributed by atoms with Gasteiger partial charge in [-0.3, -0.25) is 24.1 Å². The lowest BCUT2D eigenvalue weighted by molar-refractivity contribution is -0.183. The van der Waals surface area contributed by atoms with Gasteiger partial charge in [0.25, 0.3) is 0 Å². The summed E-state index contributed by atoms with van der Waals surface area (Å²) in [6, 6.07) is 24.2. The van der Waals surface area contributed by atoms with Crippen molar-refractivity contribution in [3.05, 3.63) is 107 Å². The molecule has 16 atom stereocenters. The number of nitrogens with one attached hydrogen (secondary N) is 2. The third-order valence-electron chi connectivity index (χ3n) is 18.1. The highest BCUT2D eigenvalue weighted by molar-refractivity contribution is 5.83. The zero-order valence-electron chi connectivity index (χ0n) is 42.4. The van der Waals surface area contributed by atoms with Gasteiger partial charge in [-0.25, -0.2) is 0 Å². The number of aliphatic hydroxyl groups is 4. The first-order valence-electron chi connectivity index (χ1n) is 25.8. The van der Waals surface area contributed by atoms with E-state index in [1.165, 1.54) is 12.8 Å². The van der Waals surface area contributed by atoms with Gasteiger partial charge in [0.15, 0.2) is 0 Å². The van der Waals surface area contributed by atoms with E-state index in [1.807, 2.05) is 42.5 Å². The summed E-state index contributed by atoms with van der Waals surface area (Å²) < 4.78 is 0. The summed E-state index contributed by atoms with van der Waals surface area (Å²) in [6.45, 7) is 17.3. The van der Waals surface area contributed by atoms with Crippen LogP contribution >= 0.6 is 0 Å². The molecular formula is C57H78N4O9. The fourth-order valence-electron chi connectivity index (χ4n) is 13.6. The summed E-state index contributed by atoms with van der Waals surface area (Å²) >= 11 is 0. The largest absolute Gasteiger partial charge is 0.394 e. The number of carbonyl (C=O) groups excluding carboxylic acids is 3. The number of benzene rings is 3. The first-order chi connectivity index (χ1) is 33.4. The van der Waals surface area contributed by atoms with Crippen molar-refractivity contribution < 1.29 is 44.5 Å². The summed E-state index contributed by atoms with van der Waals surface area (Å²) in [5.41, 5.74) is 5.21. The van der Waals surface area contributed by atoms with Gasteiger partial charge in [0.05, 0.1) is 38.5 Å². The Kier molecular flexibility index (Phi) is 15.9. The first-order valence-corrected chi connectivity index (χ1v) is 25.8. The Morgan fingerprint density at radius 3 is 1.46 bits per heavy atom. The molecule has 6 aliphatic carbocycles. The van der Waals surface area contributed by atoms with Crippen molar-refractivity contribution >= 4 is 30.3 Å². The van der Waals surface area contributed by atoms with Crippen LogP contribution in [0.2, 0.25) is 0 Å². The summed E-state index contributed by atoms with van der Waals surface area (Å²) in [5.74, 6) is 1.89. The number of aliphatic hydroxyl groups excluding tert-OH is 4. The second kappa shape index (κ2) is 21.4. The molecule has 6 saturated carbocycles. The SMILES string of the molecule is C[C@@H]1[C@@H](NC(=O)[C@@H]2[C@H]([C@H](C)O)[C@H](CO)ON2Cc2cccc(/C=C/c3ccccc3)c2)C[C@H]2C[C@@H]1C2(C)C.C[C@@H]1[C@@H](NC(=O)[C@@H]2[C@H]([C@H](C)O)[C@H](CO)ON2Cc2cccc(C=O)c2)C[C@H]2C[C@@H]1C2(C)C. The molecule has 13 nitrogen and oxygen atoms in total. The number of hydrogen-bond donors (Lipinski definition) is 6. The van der Waals surface area contributed by atoms with Crippen LogP contribution in [0.25, 0.3) is 12.2 Å². The second-order valence-electron chi connectivity index (χ2n) is 22.8. The van der Waals surface area contributed by atoms with Gasteiger partial charge in [0.1, 0.15) is 30.6 Å². The van der Waals surface area contributed by atoms with Crippen LogP contribution in [0.1, 0.15) is 114 Å². The van der Waals surface area contributed by atoms with Crippen molar-refractivity contribution in [2.75, 3.05) is 13.2 Å². The molecule has 6 N–H and O–H groups in total. The molecule has 8 aliphatic rings. The van der Waals surface area contributed by atoms with Gasteiger partial charge >= 0.3 is 0 Å². The molecule has 3 aromatic carbocycles. The number of hydroxylamine groups is 4. The van der Waals surface area contributed by atoms with E-state index in [0.29, 0.717) is 58.4 Å². The van der Waals surface area contributed by atoms with E-state index in [9.17, 15) is 34.8 Å². The van der Waals surface area contributed by atoms with Crippen LogP contribution in [0, 0.1) is 58.2 Å². The molecule has 8 fully saturated rings. The van der Waals surface area contributed by atoms with Crippen molar-refractivity contribution in [3.8, 4) is 0 Å². The summed E-state index contributed by atoms with van der Waals surface area (Å²) in [5, 5.41) is 50.9. The maximum atomic E-state index is 13.8. The monoisotopic (exact) mass is 963 g/mol. The van der Waals surface area contributed by atoms with Crippen LogP contribution in [0.5, 0.6) is 0 Å². The summed E-state index contributed by atoms with van der Waals surface area (Å²) in [6.07, 6.45) is 6.42. The van der Waals surface area contributed by atoms with Gasteiger partial charge in [-0.2, -0.15) is 10.1 Å². The van der Waals surface area contributed by atoms with Crippen LogP contribution in [-0.2, 0) is 32.4 Å². The van der Waals surface area contributed by atoms with Crippen molar-refractivity contribution in [1.29, 1.82) is 0 Å². The lowest BCUT2D eigenvalue weighted by Gasteiger charge is -2.62. The van der Waals surface area contributed by atoms with Gasteiger partial charge < -0.3 is 31.1 Å². The van der Waals surface area contributed by atoms with Crippen LogP contribution in [-0.4, -0.2) is 110 Å². The van der Waals surface area contributed by atoms with E-state index < -0.39 is 48.3 Å². The molecule has 2 heterocycles. The highest BCUT2D eigenvalue weighted by Crippen LogP contribution is 2.62. The maximum Gasteiger partial charge on any atom is 0.240 e. The fraction of sp³-hybridized carbons (Fsp3) is 0.596. The number of carbonyl (C=O) groups is 3. The zero-order valence-corrected chi connectivity index (χ0v) is 42.4. The predicted molar refractivity (Wildman–Crippen MR) is 269 cm³/mol. The summed E-state index contributed by atoms with van der Waals surface area (Å²) in [4.78, 5) is 50.6. The Hall–Kier alpha value is -4.31. The van der Waals surface area contributed by atoms with Crippen molar-refractivity contribution in [3.63, 3.8) is 0 Å². The van der Waals surface area contributed by atoms with Crippen LogP contribution in [0.4, 0.5) is 0 Å². The van der Waals surface area contributed by atoms with E-state index >= 15 is 0 Å². The fourth-order valence-corrected chi connectivity index (χ4v) is 13.6. The minimum Gasteiger partial charge on any atom is -0.394 e. The normalized spacial score (nSPS) is 34.9. The third-order valence-corrected chi connectivity index (χ3v) is 18.1. The number of fused-ring (bicyclic) bond motifs is 4. The van der Waals surface area contributed by atoms with Crippen molar-refractivity contribution in [2.24, 2.45) is 58.2 Å². The number of amides is 2. The standard InChI is InChI=1S/C32H42N2O4.C25H36N2O5/c1-20-26-16-25(32(26,3)4)17-27(20)33-31(37)30-29(21(2)36)28(19-35)38-34(30)18-24-12-8-11-23(15-24)14-13-22-9-6-5-7-10-22;1-14-19-9-18(25(19,3)4)10-20(14)26-24(31)23-22(15(2)30)21(13-29)32-27(23)11-16-6-5-7-17(8-16)12-28/h5-15,20-21,25-30,35-36H,16-19H2,1-4H3,(H,33,37);5-8,12,14-15,18-23,29-30H,9-11,13H2,1-4H3,(H,26,31)/b14-13+;/t20-,21-,25+,26-,27-,28-,29+,30-;14-,15-,18+,19-,20-,21-,22+,23-/m00/s1. The molecule has 0 unspecified atom stereocenters. The van der Waals surface area contributed by atoms with E-state index in [-0.39, 0.29) is 43.7 Å². The Balaban J connectivity index is 0.000000191. The van der Waals surface area contributed by atoms with E-state index in [2.05, 4.69) is 82.5 Å². The molecule has 11 rings (SSSR count). The molecule has 2 aliphatic heterocycles. The van der Waals surface area contributed by atoms with Crippen molar-refractivity contribution in [1.82, 2.24) is 20.8 Å². The number of nitrogens with zero attached hydrogens (tertiary/aromatic N) is 2. The van der Waals surface area contributed by atoms with E-state index in [1.54, 1.807) is 42.2 Å². The van der Waals surface area contributed by atoms with Crippen LogP contribution in [0.3, 0.4) is 0 Å². The minimum absolute atomic E-state index is 0.0994. The van der Waals surface area contributed by atoms with E-state index in [0.717, 1.165) is 41.4 Å². The zero-order chi connectivity index (χ0) is 50.2. The Bertz CT molecular complexity index is 2320. The van der Waals surface area contributed by atoms with Crippen molar-refractivity contribution in [2.45, 2.75) is 143 Å². The van der Waals surface area contributed by atoms with E-state index in [4.69, 9.17) is 9.68 Å². The number of aldehydes is 1. The highest BCUT2D eigenvalue weighted by atomic mass is 16.7. The summed E-state index contributed by atoms with van der Waals surface area (Å²) in [7, 11) is 0. The Morgan fingerprint density at radius 1 is 0.643 bits per heavy atom. The van der Waals surface area contributed by atoms with Gasteiger partial charge in [-0.15, -0.1) is 0 Å². The average Bonchev–Trinajstić information content (AvgIpc) is 3.91. The smallest absolute Gasteiger partial charge is 0.240 e. The van der Waals surface area contributed by atoms with Gasteiger partial charge in [-0.05, 0) is 114 Å². The third kappa shape index (κ3) is 10.5. The van der Waals surface area contributed by atoms with Crippen LogP contribution in [0.15, 0.2) is 78.9 Å². The lowest BCUT2D eigenvalue weighted by Crippen LogP contribution is -2.62. The molecule has 0 radical (unpaired) electrons. The topological polar surface area (TPSA) is 181 Å². The molecule has 70 heavy (non-hydrogen) atoms.